The molecule has 2 aromatic carbocycles. The molecule has 6 nitrogen and oxygen atoms in total. The van der Waals surface area contributed by atoms with Crippen LogP contribution in [0.25, 0.3) is 0 Å². The number of ether oxygens (including phenoxy) is 2. The number of hydrogen-bond donors (Lipinski definition) is 1. The third kappa shape index (κ3) is 4.95. The van der Waals surface area contributed by atoms with Crippen molar-refractivity contribution in [3.8, 4) is 5.75 Å². The molecule has 0 spiro atoms. The highest BCUT2D eigenvalue weighted by Crippen LogP contribution is 2.19. The van der Waals surface area contributed by atoms with E-state index in [4.69, 9.17) is 9.47 Å². The van der Waals surface area contributed by atoms with Gasteiger partial charge in [0.05, 0.1) is 6.10 Å². The third-order valence-electron chi connectivity index (χ3n) is 5.34. The van der Waals surface area contributed by atoms with Crippen molar-refractivity contribution in [2.75, 3.05) is 31.6 Å². The molecule has 2 saturated heterocycles. The topological polar surface area (TPSA) is 67.9 Å². The first kappa shape index (κ1) is 19.5. The molecule has 0 saturated carbocycles. The maximum Gasteiger partial charge on any atom is 0.255 e. The normalized spacial score (nSPS) is 18.6. The van der Waals surface area contributed by atoms with Crippen LogP contribution >= 0.6 is 0 Å². The van der Waals surface area contributed by atoms with Gasteiger partial charge in [0, 0.05) is 36.5 Å². The molecule has 1 N–H and O–H groups in total. The van der Waals surface area contributed by atoms with Gasteiger partial charge in [-0.1, -0.05) is 6.07 Å². The summed E-state index contributed by atoms with van der Waals surface area (Å²) < 4.78 is 11.3. The number of rotatable bonds is 6. The van der Waals surface area contributed by atoms with E-state index in [0.717, 1.165) is 45.4 Å². The Morgan fingerprint density at radius 2 is 1.83 bits per heavy atom. The average Bonchev–Trinajstić information content (AvgIpc) is 3.47. The smallest absolute Gasteiger partial charge is 0.255 e. The van der Waals surface area contributed by atoms with E-state index in [1.807, 2.05) is 11.0 Å². The molecule has 2 aliphatic rings. The zero-order chi connectivity index (χ0) is 20.1. The van der Waals surface area contributed by atoms with Crippen molar-refractivity contribution in [1.82, 2.24) is 4.90 Å². The first-order chi connectivity index (χ1) is 14.2. The molecule has 1 atom stereocenters. The summed E-state index contributed by atoms with van der Waals surface area (Å²) in [5, 5.41) is 2.87. The second-order valence-corrected chi connectivity index (χ2v) is 7.50. The summed E-state index contributed by atoms with van der Waals surface area (Å²) in [6.07, 6.45) is 4.34. The Bertz CT molecular complexity index is 853. The number of carbonyl (C=O) groups excluding carboxylic acids is 2. The van der Waals surface area contributed by atoms with E-state index in [2.05, 4.69) is 5.32 Å². The summed E-state index contributed by atoms with van der Waals surface area (Å²) in [4.78, 5) is 26.9. The van der Waals surface area contributed by atoms with Crippen molar-refractivity contribution in [2.24, 2.45) is 0 Å². The van der Waals surface area contributed by atoms with Crippen molar-refractivity contribution in [2.45, 2.75) is 31.8 Å². The van der Waals surface area contributed by atoms with Crippen LogP contribution in [-0.2, 0) is 4.74 Å². The fraction of sp³-hybridized carbons (Fsp3) is 0.391. The highest BCUT2D eigenvalue weighted by atomic mass is 16.5. The number of likely N-dealkylation sites (tertiary alicyclic amines) is 1. The summed E-state index contributed by atoms with van der Waals surface area (Å²) in [6.45, 7) is 2.93. The quantitative estimate of drug-likeness (QED) is 0.811. The number of nitrogens with zero attached hydrogens (tertiary/aromatic N) is 1. The minimum atomic E-state index is -0.216. The molecule has 0 radical (unpaired) electrons. The summed E-state index contributed by atoms with van der Waals surface area (Å²) in [5.41, 5.74) is 1.82. The standard InChI is InChI=1S/C23H26N2O4/c26-22(18-5-3-6-20(15-18)29-16-21-7-4-14-28-21)24-19-10-8-17(9-11-19)23(27)25-12-1-2-13-25/h3,5-6,8-11,15,21H,1-2,4,7,12-14,16H2,(H,24,26). The Labute approximate surface area is 170 Å². The van der Waals surface area contributed by atoms with Crippen LogP contribution < -0.4 is 10.1 Å². The molecule has 6 heteroatoms. The molecule has 4 rings (SSSR count). The zero-order valence-corrected chi connectivity index (χ0v) is 16.4. The van der Waals surface area contributed by atoms with Gasteiger partial charge in [-0.2, -0.15) is 0 Å². The molecule has 2 heterocycles. The average molecular weight is 394 g/mol. The molecule has 2 aliphatic heterocycles. The van der Waals surface area contributed by atoms with Crippen molar-refractivity contribution in [1.29, 1.82) is 0 Å². The van der Waals surface area contributed by atoms with Gasteiger partial charge in [0.1, 0.15) is 12.4 Å². The molecule has 0 aromatic heterocycles. The molecule has 2 fully saturated rings. The van der Waals surface area contributed by atoms with E-state index < -0.39 is 0 Å². The lowest BCUT2D eigenvalue weighted by molar-refractivity contribution is 0.0679. The lowest BCUT2D eigenvalue weighted by atomic mass is 10.1. The lowest BCUT2D eigenvalue weighted by Crippen LogP contribution is -2.27. The Kier molecular flexibility index (Phi) is 6.10. The minimum absolute atomic E-state index is 0.0523. The number of amides is 2. The number of carbonyl (C=O) groups is 2. The molecular formula is C23H26N2O4. The van der Waals surface area contributed by atoms with Crippen LogP contribution in [0.1, 0.15) is 46.4 Å². The highest BCUT2D eigenvalue weighted by Gasteiger charge is 2.19. The predicted octanol–water partition coefficient (Wildman–Crippen LogP) is 3.73. The Hall–Kier alpha value is -2.86. The van der Waals surface area contributed by atoms with E-state index in [1.54, 1.807) is 42.5 Å². The Morgan fingerprint density at radius 1 is 1.03 bits per heavy atom. The van der Waals surface area contributed by atoms with Gasteiger partial charge in [0.25, 0.3) is 11.8 Å². The number of nitrogens with one attached hydrogen (secondary N) is 1. The van der Waals surface area contributed by atoms with Crippen LogP contribution in [-0.4, -0.2) is 49.1 Å². The van der Waals surface area contributed by atoms with Crippen LogP contribution in [0.5, 0.6) is 5.75 Å². The summed E-state index contributed by atoms with van der Waals surface area (Å²) in [6, 6.07) is 14.2. The molecule has 0 bridgehead atoms. The molecule has 1 unspecified atom stereocenters. The van der Waals surface area contributed by atoms with E-state index in [0.29, 0.717) is 29.2 Å². The van der Waals surface area contributed by atoms with Crippen molar-refractivity contribution < 1.29 is 19.1 Å². The minimum Gasteiger partial charge on any atom is -0.491 e. The van der Waals surface area contributed by atoms with Gasteiger partial charge in [0.15, 0.2) is 0 Å². The zero-order valence-electron chi connectivity index (χ0n) is 16.4. The molecule has 0 aliphatic carbocycles. The van der Waals surface area contributed by atoms with Crippen LogP contribution in [0.3, 0.4) is 0 Å². The first-order valence-electron chi connectivity index (χ1n) is 10.2. The van der Waals surface area contributed by atoms with Gasteiger partial charge < -0.3 is 19.7 Å². The van der Waals surface area contributed by atoms with Crippen molar-refractivity contribution in [3.05, 3.63) is 59.7 Å². The van der Waals surface area contributed by atoms with E-state index in [1.165, 1.54) is 0 Å². The van der Waals surface area contributed by atoms with Gasteiger partial charge in [-0.3, -0.25) is 9.59 Å². The third-order valence-corrected chi connectivity index (χ3v) is 5.34. The van der Waals surface area contributed by atoms with Crippen LogP contribution in [0.2, 0.25) is 0 Å². The maximum absolute atomic E-state index is 12.6. The molecular weight excluding hydrogens is 368 g/mol. The largest absolute Gasteiger partial charge is 0.491 e. The maximum atomic E-state index is 12.6. The van der Waals surface area contributed by atoms with E-state index in [9.17, 15) is 9.59 Å². The van der Waals surface area contributed by atoms with Crippen LogP contribution in [0.4, 0.5) is 5.69 Å². The van der Waals surface area contributed by atoms with Crippen LogP contribution in [0.15, 0.2) is 48.5 Å². The SMILES string of the molecule is O=C(Nc1ccc(C(=O)N2CCCC2)cc1)c1cccc(OCC2CCCO2)c1. The molecule has 29 heavy (non-hydrogen) atoms. The fourth-order valence-corrected chi connectivity index (χ4v) is 3.69. The number of hydrogen-bond acceptors (Lipinski definition) is 4. The van der Waals surface area contributed by atoms with Crippen molar-refractivity contribution in [3.63, 3.8) is 0 Å². The summed E-state index contributed by atoms with van der Waals surface area (Å²) >= 11 is 0. The van der Waals surface area contributed by atoms with Gasteiger partial charge in [-0.05, 0) is 68.1 Å². The molecule has 2 amide bonds. The number of anilines is 1. The van der Waals surface area contributed by atoms with Gasteiger partial charge >= 0.3 is 0 Å². The predicted molar refractivity (Wildman–Crippen MR) is 110 cm³/mol. The van der Waals surface area contributed by atoms with Gasteiger partial charge in [0.2, 0.25) is 0 Å². The Balaban J connectivity index is 1.34. The van der Waals surface area contributed by atoms with E-state index in [-0.39, 0.29) is 17.9 Å². The summed E-state index contributed by atoms with van der Waals surface area (Å²) in [5.74, 6) is 0.488. The molecule has 152 valence electrons. The molecule has 2 aromatic rings. The highest BCUT2D eigenvalue weighted by molar-refractivity contribution is 6.04. The van der Waals surface area contributed by atoms with Gasteiger partial charge in [-0.15, -0.1) is 0 Å². The van der Waals surface area contributed by atoms with Gasteiger partial charge in [-0.25, -0.2) is 0 Å². The Morgan fingerprint density at radius 3 is 2.55 bits per heavy atom. The number of benzene rings is 2. The summed E-state index contributed by atoms with van der Waals surface area (Å²) in [7, 11) is 0. The lowest BCUT2D eigenvalue weighted by Gasteiger charge is -2.15. The van der Waals surface area contributed by atoms with Crippen molar-refractivity contribution >= 4 is 17.5 Å². The van der Waals surface area contributed by atoms with E-state index >= 15 is 0 Å². The fourth-order valence-electron chi connectivity index (χ4n) is 3.69. The van der Waals surface area contributed by atoms with Crippen LogP contribution in [0, 0.1) is 0 Å². The second-order valence-electron chi connectivity index (χ2n) is 7.50. The monoisotopic (exact) mass is 394 g/mol. The second kappa shape index (κ2) is 9.09. The first-order valence-corrected chi connectivity index (χ1v) is 10.2.